The van der Waals surface area contributed by atoms with Gasteiger partial charge in [-0.2, -0.15) is 0 Å². The van der Waals surface area contributed by atoms with Crippen LogP contribution in [0.2, 0.25) is 0 Å². The van der Waals surface area contributed by atoms with E-state index in [1.54, 1.807) is 0 Å². The van der Waals surface area contributed by atoms with Crippen molar-refractivity contribution in [1.82, 2.24) is 4.98 Å². The zero-order valence-corrected chi connectivity index (χ0v) is 11.3. The van der Waals surface area contributed by atoms with Gasteiger partial charge in [-0.3, -0.25) is 0 Å². The third kappa shape index (κ3) is 2.45. The molecule has 0 aliphatic carbocycles. The van der Waals surface area contributed by atoms with Gasteiger partial charge in [0.05, 0.1) is 0 Å². The van der Waals surface area contributed by atoms with Gasteiger partial charge in [0.15, 0.2) is 0 Å². The summed E-state index contributed by atoms with van der Waals surface area (Å²) in [6.07, 6.45) is 1.91. The minimum absolute atomic E-state index is 0. The van der Waals surface area contributed by atoms with Crippen LogP contribution in [0.5, 0.6) is 0 Å². The topological polar surface area (TPSA) is 12.9 Å². The van der Waals surface area contributed by atoms with E-state index in [9.17, 15) is 0 Å². The van der Waals surface area contributed by atoms with E-state index >= 15 is 0 Å². The smallest absolute Gasteiger partial charge is 0.0239 e. The molecule has 0 unspecified atom stereocenters. The second-order valence-corrected chi connectivity index (χ2v) is 3.69. The van der Waals surface area contributed by atoms with Crippen molar-refractivity contribution < 1.29 is 21.1 Å². The molecule has 0 spiro atoms. The molecule has 0 saturated carbocycles. The second-order valence-electron chi connectivity index (χ2n) is 3.69. The molecule has 2 aromatic carbocycles. The summed E-state index contributed by atoms with van der Waals surface area (Å²) in [6.45, 7) is 0. The van der Waals surface area contributed by atoms with Crippen LogP contribution in [-0.2, 0) is 21.1 Å². The molecule has 3 aromatic rings. The first-order valence-electron chi connectivity index (χ1n) is 5.25. The van der Waals surface area contributed by atoms with Crippen molar-refractivity contribution in [1.29, 1.82) is 0 Å². The van der Waals surface area contributed by atoms with Gasteiger partial charge in [-0.25, -0.2) is 0 Å². The van der Waals surface area contributed by atoms with Crippen LogP contribution in [0.25, 0.3) is 22.0 Å². The van der Waals surface area contributed by atoms with Crippen LogP contribution in [-0.4, -0.2) is 4.98 Å². The molecule has 17 heavy (non-hydrogen) atoms. The molecule has 1 aromatic heterocycles. The van der Waals surface area contributed by atoms with Crippen molar-refractivity contribution in [3.63, 3.8) is 0 Å². The number of nitrogens with zero attached hydrogens (tertiary/aromatic N) is 1. The molecule has 0 bridgehead atoms. The van der Waals surface area contributed by atoms with Crippen LogP contribution in [0.1, 0.15) is 0 Å². The quantitative estimate of drug-likeness (QED) is 0.569. The van der Waals surface area contributed by atoms with E-state index in [1.807, 2.05) is 42.6 Å². The molecule has 0 N–H and O–H groups in total. The Bertz CT molecular complexity index is 620. The summed E-state index contributed by atoms with van der Waals surface area (Å²) in [5, 5.41) is 2.38. The monoisotopic (exact) mass is 399 g/mol. The minimum atomic E-state index is 0. The average molecular weight is 399 g/mol. The van der Waals surface area contributed by atoms with Gasteiger partial charge in [0.1, 0.15) is 0 Å². The van der Waals surface area contributed by atoms with Crippen LogP contribution in [0.15, 0.2) is 60.8 Å². The Hall–Kier alpha value is -1.46. The van der Waals surface area contributed by atoms with E-state index in [-0.39, 0.29) is 21.1 Å². The van der Waals surface area contributed by atoms with Gasteiger partial charge in [-0.15, -0.1) is 35.9 Å². The number of pyridine rings is 1. The Kier molecular flexibility index (Phi) is 3.71. The first-order valence-corrected chi connectivity index (χ1v) is 5.25. The Labute approximate surface area is 115 Å². The Morgan fingerprint density at radius 1 is 0.882 bits per heavy atom. The molecule has 0 fully saturated rings. The number of benzene rings is 2. The van der Waals surface area contributed by atoms with Crippen LogP contribution in [0.4, 0.5) is 0 Å². The van der Waals surface area contributed by atoms with Gasteiger partial charge in [0.2, 0.25) is 0 Å². The normalized spacial score (nSPS) is 9.88. The third-order valence-corrected chi connectivity index (χ3v) is 2.62. The SMILES string of the molecule is [Pt].[c-]1ccccc1-c1cc2ccccc2cn1. The van der Waals surface area contributed by atoms with Crippen molar-refractivity contribution in [2.45, 2.75) is 0 Å². The van der Waals surface area contributed by atoms with Gasteiger partial charge in [-0.05, 0) is 16.5 Å². The van der Waals surface area contributed by atoms with E-state index in [0.717, 1.165) is 11.3 Å². The van der Waals surface area contributed by atoms with Gasteiger partial charge >= 0.3 is 0 Å². The Balaban J connectivity index is 0.00000108. The summed E-state index contributed by atoms with van der Waals surface area (Å²) in [4.78, 5) is 4.45. The van der Waals surface area contributed by atoms with Crippen molar-refractivity contribution in [2.24, 2.45) is 0 Å². The molecule has 0 radical (unpaired) electrons. The van der Waals surface area contributed by atoms with E-state index in [0.29, 0.717) is 0 Å². The van der Waals surface area contributed by atoms with Crippen LogP contribution < -0.4 is 0 Å². The molecular formula is C15H10NPt-. The summed E-state index contributed by atoms with van der Waals surface area (Å²) in [6, 6.07) is 21.4. The molecule has 2 heteroatoms. The summed E-state index contributed by atoms with van der Waals surface area (Å²) in [5.74, 6) is 0. The van der Waals surface area contributed by atoms with E-state index in [1.165, 1.54) is 10.8 Å². The number of rotatable bonds is 1. The Morgan fingerprint density at radius 2 is 1.65 bits per heavy atom. The van der Waals surface area contributed by atoms with Crippen molar-refractivity contribution in [3.05, 3.63) is 66.9 Å². The molecule has 0 atom stereocenters. The molecule has 1 heterocycles. The molecular weight excluding hydrogens is 389 g/mol. The zero-order chi connectivity index (χ0) is 10.8. The maximum absolute atomic E-state index is 4.45. The fourth-order valence-corrected chi connectivity index (χ4v) is 1.78. The van der Waals surface area contributed by atoms with E-state index in [2.05, 4.69) is 29.2 Å². The number of hydrogen-bond donors (Lipinski definition) is 0. The molecule has 0 saturated heterocycles. The minimum Gasteiger partial charge on any atom is -0.304 e. The molecule has 0 amide bonds. The fraction of sp³-hybridized carbons (Fsp3) is 0. The summed E-state index contributed by atoms with van der Waals surface area (Å²) >= 11 is 0. The predicted octanol–water partition coefficient (Wildman–Crippen LogP) is 3.70. The van der Waals surface area contributed by atoms with Crippen molar-refractivity contribution in [3.8, 4) is 11.3 Å². The van der Waals surface area contributed by atoms with Gasteiger partial charge < -0.3 is 4.98 Å². The summed E-state index contributed by atoms with van der Waals surface area (Å²) < 4.78 is 0. The summed E-state index contributed by atoms with van der Waals surface area (Å²) in [5.41, 5.74) is 2.01. The largest absolute Gasteiger partial charge is 0.304 e. The first kappa shape index (κ1) is 12.0. The Morgan fingerprint density at radius 3 is 2.41 bits per heavy atom. The van der Waals surface area contributed by atoms with Crippen LogP contribution in [0, 0.1) is 6.07 Å². The van der Waals surface area contributed by atoms with E-state index < -0.39 is 0 Å². The van der Waals surface area contributed by atoms with Crippen molar-refractivity contribution >= 4 is 10.8 Å². The number of fused-ring (bicyclic) bond motifs is 1. The molecule has 86 valence electrons. The number of aromatic nitrogens is 1. The molecule has 0 aliphatic heterocycles. The maximum atomic E-state index is 4.45. The van der Waals surface area contributed by atoms with E-state index in [4.69, 9.17) is 0 Å². The molecule has 3 rings (SSSR count). The average Bonchev–Trinajstić information content (AvgIpc) is 2.39. The van der Waals surface area contributed by atoms with Gasteiger partial charge in [-0.1, -0.05) is 30.3 Å². The zero-order valence-electron chi connectivity index (χ0n) is 9.04. The van der Waals surface area contributed by atoms with Gasteiger partial charge in [0.25, 0.3) is 0 Å². The number of hydrogen-bond acceptors (Lipinski definition) is 1. The summed E-state index contributed by atoms with van der Waals surface area (Å²) in [7, 11) is 0. The third-order valence-electron chi connectivity index (χ3n) is 2.62. The second kappa shape index (κ2) is 5.25. The van der Waals surface area contributed by atoms with Crippen LogP contribution >= 0.6 is 0 Å². The fourth-order valence-electron chi connectivity index (χ4n) is 1.78. The van der Waals surface area contributed by atoms with Gasteiger partial charge in [0, 0.05) is 27.3 Å². The van der Waals surface area contributed by atoms with Crippen LogP contribution in [0.3, 0.4) is 0 Å². The first-order chi connectivity index (χ1) is 7.93. The standard InChI is InChI=1S/C15H10N.Pt/c1-2-6-12(7-3-1)15-10-13-8-4-5-9-14(13)11-16-15;/h1-6,8-11H;/q-1;. The molecule has 1 nitrogen and oxygen atoms in total. The van der Waals surface area contributed by atoms with Crippen molar-refractivity contribution in [2.75, 3.05) is 0 Å². The predicted molar refractivity (Wildman–Crippen MR) is 66.0 cm³/mol. The maximum Gasteiger partial charge on any atom is 0.0239 e. The molecule has 0 aliphatic rings.